The summed E-state index contributed by atoms with van der Waals surface area (Å²) in [6, 6.07) is 0.133. The molecule has 7 nitrogen and oxygen atoms in total. The topological polar surface area (TPSA) is 93.7 Å². The average molecular weight is 358 g/mol. The molecule has 0 aromatic rings. The van der Waals surface area contributed by atoms with E-state index in [1.807, 2.05) is 20.8 Å². The molecule has 0 atom stereocenters. The van der Waals surface area contributed by atoms with Gasteiger partial charge in [-0.15, -0.1) is 0 Å². The molecule has 1 rings (SSSR count). The summed E-state index contributed by atoms with van der Waals surface area (Å²) in [5.74, 6) is 0.131. The molecule has 0 aliphatic heterocycles. The number of Topliss-reactive ketones (excluding diaryl/α,β-unsaturated/α-hetero) is 1. The molecule has 0 radical (unpaired) electrons. The fourth-order valence-corrected chi connectivity index (χ4v) is 2.73. The van der Waals surface area contributed by atoms with E-state index in [9.17, 15) is 14.4 Å². The molecule has 146 valence electrons. The van der Waals surface area contributed by atoms with Gasteiger partial charge < -0.3 is 20.1 Å². The highest BCUT2D eigenvalue weighted by atomic mass is 16.5. The number of amides is 2. The van der Waals surface area contributed by atoms with E-state index in [0.717, 1.165) is 25.7 Å². The van der Waals surface area contributed by atoms with Crippen LogP contribution in [0.3, 0.4) is 0 Å². The molecule has 0 bridgehead atoms. The van der Waals surface area contributed by atoms with Crippen LogP contribution in [0.2, 0.25) is 0 Å². The molecule has 1 aliphatic rings. The van der Waals surface area contributed by atoms with Gasteiger partial charge in [-0.1, -0.05) is 20.8 Å². The van der Waals surface area contributed by atoms with Crippen molar-refractivity contribution in [2.45, 2.75) is 58.9 Å². The van der Waals surface area contributed by atoms with Crippen LogP contribution in [0, 0.1) is 5.92 Å². The van der Waals surface area contributed by atoms with Gasteiger partial charge in [0.1, 0.15) is 19.0 Å². The van der Waals surface area contributed by atoms with E-state index in [4.69, 9.17) is 4.74 Å². The first-order valence-corrected chi connectivity index (χ1v) is 9.22. The van der Waals surface area contributed by atoms with E-state index < -0.39 is 0 Å². The van der Waals surface area contributed by atoms with Crippen LogP contribution in [0.25, 0.3) is 0 Å². The highest BCUT2D eigenvalue weighted by Gasteiger charge is 2.25. The Morgan fingerprint density at radius 1 is 1.00 bits per heavy atom. The van der Waals surface area contributed by atoms with Crippen LogP contribution in [-0.2, 0) is 23.9 Å². The van der Waals surface area contributed by atoms with E-state index in [1.54, 1.807) is 0 Å². The van der Waals surface area contributed by atoms with Crippen molar-refractivity contribution in [3.8, 4) is 0 Å². The second-order valence-electron chi connectivity index (χ2n) is 5.77. The minimum atomic E-state index is -0.209. The molecule has 0 unspecified atom stereocenters. The summed E-state index contributed by atoms with van der Waals surface area (Å²) in [6.45, 7) is 6.52. The summed E-state index contributed by atoms with van der Waals surface area (Å²) >= 11 is 0. The summed E-state index contributed by atoms with van der Waals surface area (Å²) in [7, 11) is 1.45. The van der Waals surface area contributed by atoms with Gasteiger partial charge in [0.05, 0.1) is 6.61 Å². The number of methoxy groups -OCH3 is 1. The first-order valence-electron chi connectivity index (χ1n) is 9.22. The van der Waals surface area contributed by atoms with Crippen LogP contribution in [0.1, 0.15) is 52.9 Å². The number of carbonyl (C=O) groups excluding carboxylic acids is 3. The number of carbonyl (C=O) groups is 3. The smallest absolute Gasteiger partial charge is 0.246 e. The predicted molar refractivity (Wildman–Crippen MR) is 96.2 cm³/mol. The quantitative estimate of drug-likeness (QED) is 0.577. The first-order chi connectivity index (χ1) is 12.1. The van der Waals surface area contributed by atoms with Gasteiger partial charge in [0.25, 0.3) is 0 Å². The standard InChI is InChI=1S/C16H28N2O5.C2H6/c1-3-14(19)12-4-6-13(7-5-12)18-16(21)11-23-9-8-17-15(20)10-22-2;1-2/h12-13H,3-11H2,1-2H3,(H,17,20)(H,18,21);1-2H3. The van der Waals surface area contributed by atoms with Crippen LogP contribution in [0.5, 0.6) is 0 Å². The van der Waals surface area contributed by atoms with Crippen LogP contribution >= 0.6 is 0 Å². The van der Waals surface area contributed by atoms with Crippen molar-refractivity contribution in [3.63, 3.8) is 0 Å². The molecular formula is C18H34N2O5. The van der Waals surface area contributed by atoms with E-state index in [2.05, 4.69) is 15.4 Å². The third-order valence-electron chi connectivity index (χ3n) is 3.97. The summed E-state index contributed by atoms with van der Waals surface area (Å²) in [5.41, 5.74) is 0. The zero-order valence-corrected chi connectivity index (χ0v) is 16.1. The SMILES string of the molecule is CC.CCC(=O)C1CCC(NC(=O)COCCNC(=O)COC)CC1. The van der Waals surface area contributed by atoms with Gasteiger partial charge in [-0.25, -0.2) is 0 Å². The summed E-state index contributed by atoms with van der Waals surface area (Å²) in [6.07, 6.45) is 3.98. The lowest BCUT2D eigenvalue weighted by Crippen LogP contribution is -2.40. The molecule has 1 fully saturated rings. The highest BCUT2D eigenvalue weighted by molar-refractivity contribution is 5.81. The lowest BCUT2D eigenvalue weighted by molar-refractivity contribution is -0.127. The van der Waals surface area contributed by atoms with Gasteiger partial charge in [-0.2, -0.15) is 0 Å². The number of hydrogen-bond acceptors (Lipinski definition) is 5. The van der Waals surface area contributed by atoms with Crippen molar-refractivity contribution < 1.29 is 23.9 Å². The average Bonchev–Trinajstić information content (AvgIpc) is 2.63. The van der Waals surface area contributed by atoms with Crippen molar-refractivity contribution in [2.24, 2.45) is 5.92 Å². The molecule has 2 N–H and O–H groups in total. The molecule has 25 heavy (non-hydrogen) atoms. The molecule has 0 saturated heterocycles. The third kappa shape index (κ3) is 10.9. The second-order valence-corrected chi connectivity index (χ2v) is 5.77. The molecule has 0 spiro atoms. The molecule has 1 saturated carbocycles. The Morgan fingerprint density at radius 2 is 1.64 bits per heavy atom. The van der Waals surface area contributed by atoms with E-state index in [1.165, 1.54) is 7.11 Å². The Kier molecular flexibility index (Phi) is 14.0. The maximum atomic E-state index is 11.8. The Bertz CT molecular complexity index is 393. The predicted octanol–water partition coefficient (Wildman–Crippen LogP) is 1.45. The highest BCUT2D eigenvalue weighted by Crippen LogP contribution is 2.25. The lowest BCUT2D eigenvalue weighted by Gasteiger charge is -2.28. The van der Waals surface area contributed by atoms with Crippen molar-refractivity contribution in [3.05, 3.63) is 0 Å². The Hall–Kier alpha value is -1.47. The zero-order valence-electron chi connectivity index (χ0n) is 16.1. The van der Waals surface area contributed by atoms with Crippen molar-refractivity contribution >= 4 is 17.6 Å². The van der Waals surface area contributed by atoms with E-state index >= 15 is 0 Å². The first kappa shape index (κ1) is 23.5. The van der Waals surface area contributed by atoms with Crippen molar-refractivity contribution in [1.29, 1.82) is 0 Å². The van der Waals surface area contributed by atoms with Crippen LogP contribution in [0.4, 0.5) is 0 Å². The van der Waals surface area contributed by atoms with Gasteiger partial charge in [-0.05, 0) is 25.7 Å². The molecule has 0 aromatic heterocycles. The third-order valence-corrected chi connectivity index (χ3v) is 3.97. The maximum absolute atomic E-state index is 11.8. The van der Waals surface area contributed by atoms with Gasteiger partial charge >= 0.3 is 0 Å². The summed E-state index contributed by atoms with van der Waals surface area (Å²) < 4.78 is 9.90. The minimum absolute atomic E-state index is 0.0176. The maximum Gasteiger partial charge on any atom is 0.246 e. The van der Waals surface area contributed by atoms with Crippen molar-refractivity contribution in [1.82, 2.24) is 10.6 Å². The van der Waals surface area contributed by atoms with Gasteiger partial charge in [-0.3, -0.25) is 14.4 Å². The summed E-state index contributed by atoms with van der Waals surface area (Å²) in [4.78, 5) is 34.5. The Labute approximate surface area is 151 Å². The number of ether oxygens (including phenoxy) is 2. The monoisotopic (exact) mass is 358 g/mol. The molecule has 2 amide bonds. The molecule has 0 aromatic carbocycles. The fraction of sp³-hybridized carbons (Fsp3) is 0.833. The lowest BCUT2D eigenvalue weighted by atomic mass is 9.83. The van der Waals surface area contributed by atoms with E-state index in [0.29, 0.717) is 18.7 Å². The molecular weight excluding hydrogens is 324 g/mol. The Morgan fingerprint density at radius 3 is 2.20 bits per heavy atom. The Balaban J connectivity index is 0.00000277. The van der Waals surface area contributed by atoms with Crippen LogP contribution < -0.4 is 10.6 Å². The summed E-state index contributed by atoms with van der Waals surface area (Å²) in [5, 5.41) is 5.54. The fourth-order valence-electron chi connectivity index (χ4n) is 2.73. The second kappa shape index (κ2) is 14.8. The van der Waals surface area contributed by atoms with E-state index in [-0.39, 0.29) is 43.6 Å². The molecule has 1 aliphatic carbocycles. The number of rotatable bonds is 10. The normalized spacial score (nSPS) is 19.4. The molecule has 0 heterocycles. The van der Waals surface area contributed by atoms with Crippen LogP contribution in [-0.4, -0.2) is 57.1 Å². The van der Waals surface area contributed by atoms with Crippen LogP contribution in [0.15, 0.2) is 0 Å². The van der Waals surface area contributed by atoms with Gasteiger partial charge in [0, 0.05) is 32.0 Å². The van der Waals surface area contributed by atoms with Gasteiger partial charge in [0.2, 0.25) is 11.8 Å². The number of nitrogens with one attached hydrogen (secondary N) is 2. The number of hydrogen-bond donors (Lipinski definition) is 2. The zero-order chi connectivity index (χ0) is 19.1. The van der Waals surface area contributed by atoms with Crippen molar-refractivity contribution in [2.75, 3.05) is 33.5 Å². The minimum Gasteiger partial charge on any atom is -0.375 e. The molecule has 7 heteroatoms. The van der Waals surface area contributed by atoms with Gasteiger partial charge in [0.15, 0.2) is 0 Å². The number of ketones is 1. The largest absolute Gasteiger partial charge is 0.375 e.